The van der Waals surface area contributed by atoms with Crippen LogP contribution >= 0.6 is 11.6 Å². The molecule has 0 bridgehead atoms. The van der Waals surface area contributed by atoms with Gasteiger partial charge in [0, 0.05) is 5.02 Å². The molecule has 2 N–H and O–H groups in total. The first-order valence-electron chi connectivity index (χ1n) is 7.49. The van der Waals surface area contributed by atoms with Gasteiger partial charge in [0.2, 0.25) is 0 Å². The van der Waals surface area contributed by atoms with Gasteiger partial charge in [0.05, 0.1) is 13.2 Å². The summed E-state index contributed by atoms with van der Waals surface area (Å²) in [6.45, 7) is 1.32. The molecule has 7 heteroatoms. The SMILES string of the molecule is COc1ccc(O)c(C(=O)OCC(=O)N[C@H](C)c2cccc(Cl)c2)c1. The zero-order chi connectivity index (χ0) is 18.4. The summed E-state index contributed by atoms with van der Waals surface area (Å²) < 4.78 is 9.93. The van der Waals surface area contributed by atoms with Crippen LogP contribution in [0.15, 0.2) is 42.5 Å². The minimum atomic E-state index is -0.818. The molecule has 0 heterocycles. The van der Waals surface area contributed by atoms with Crippen molar-refractivity contribution in [1.82, 2.24) is 5.32 Å². The molecule has 25 heavy (non-hydrogen) atoms. The summed E-state index contributed by atoms with van der Waals surface area (Å²) in [5.74, 6) is -1.15. The third-order valence-electron chi connectivity index (χ3n) is 3.48. The lowest BCUT2D eigenvalue weighted by molar-refractivity contribution is -0.124. The molecule has 0 aliphatic heterocycles. The van der Waals surface area contributed by atoms with Crippen LogP contribution < -0.4 is 10.1 Å². The summed E-state index contributed by atoms with van der Waals surface area (Å²) in [5.41, 5.74) is 0.757. The molecule has 2 rings (SSSR count). The Bertz CT molecular complexity index is 778. The number of phenolic OH excluding ortho intramolecular Hbond substituents is 1. The van der Waals surface area contributed by atoms with Crippen molar-refractivity contribution in [1.29, 1.82) is 0 Å². The Hall–Kier alpha value is -2.73. The van der Waals surface area contributed by atoms with Gasteiger partial charge in [-0.15, -0.1) is 0 Å². The van der Waals surface area contributed by atoms with Crippen LogP contribution in [-0.4, -0.2) is 30.7 Å². The molecule has 0 fully saturated rings. The third-order valence-corrected chi connectivity index (χ3v) is 3.72. The fraction of sp³-hybridized carbons (Fsp3) is 0.222. The van der Waals surface area contributed by atoms with Crippen molar-refractivity contribution in [3.8, 4) is 11.5 Å². The highest BCUT2D eigenvalue weighted by Gasteiger charge is 2.17. The highest BCUT2D eigenvalue weighted by molar-refractivity contribution is 6.30. The van der Waals surface area contributed by atoms with Gasteiger partial charge in [-0.3, -0.25) is 4.79 Å². The first kappa shape index (κ1) is 18.6. The normalized spacial score (nSPS) is 11.5. The van der Waals surface area contributed by atoms with Crippen molar-refractivity contribution < 1.29 is 24.2 Å². The second-order valence-corrected chi connectivity index (χ2v) is 5.74. The van der Waals surface area contributed by atoms with Gasteiger partial charge >= 0.3 is 5.97 Å². The minimum absolute atomic E-state index is 0.0740. The Balaban J connectivity index is 1.92. The van der Waals surface area contributed by atoms with Crippen LogP contribution in [0.4, 0.5) is 0 Å². The average Bonchev–Trinajstić information content (AvgIpc) is 2.60. The number of esters is 1. The summed E-state index contributed by atoms with van der Waals surface area (Å²) in [5, 5.41) is 13.0. The summed E-state index contributed by atoms with van der Waals surface area (Å²) in [6.07, 6.45) is 0. The predicted molar refractivity (Wildman–Crippen MR) is 93.0 cm³/mol. The van der Waals surface area contributed by atoms with E-state index in [0.29, 0.717) is 10.8 Å². The van der Waals surface area contributed by atoms with E-state index in [1.54, 1.807) is 25.1 Å². The van der Waals surface area contributed by atoms with E-state index in [1.807, 2.05) is 6.07 Å². The number of aromatic hydroxyl groups is 1. The number of hydrogen-bond donors (Lipinski definition) is 2. The number of benzene rings is 2. The molecule has 0 spiro atoms. The maximum Gasteiger partial charge on any atom is 0.342 e. The van der Waals surface area contributed by atoms with Gasteiger partial charge in [0.1, 0.15) is 17.1 Å². The van der Waals surface area contributed by atoms with E-state index < -0.39 is 18.5 Å². The molecule has 1 atom stereocenters. The van der Waals surface area contributed by atoms with Crippen molar-refractivity contribution in [2.45, 2.75) is 13.0 Å². The van der Waals surface area contributed by atoms with Crippen LogP contribution in [-0.2, 0) is 9.53 Å². The largest absolute Gasteiger partial charge is 0.507 e. The maximum atomic E-state index is 12.0. The Morgan fingerprint density at radius 2 is 2.00 bits per heavy atom. The number of amides is 1. The summed E-state index contributed by atoms with van der Waals surface area (Å²) in [7, 11) is 1.44. The fourth-order valence-corrected chi connectivity index (χ4v) is 2.36. The van der Waals surface area contributed by atoms with Crippen molar-refractivity contribution >= 4 is 23.5 Å². The molecule has 1 amide bonds. The van der Waals surface area contributed by atoms with E-state index in [2.05, 4.69) is 5.32 Å². The zero-order valence-corrected chi connectivity index (χ0v) is 14.5. The lowest BCUT2D eigenvalue weighted by Gasteiger charge is -2.15. The number of carbonyl (C=O) groups is 2. The lowest BCUT2D eigenvalue weighted by Crippen LogP contribution is -2.31. The van der Waals surface area contributed by atoms with E-state index in [9.17, 15) is 14.7 Å². The molecule has 2 aromatic carbocycles. The van der Waals surface area contributed by atoms with Crippen LogP contribution in [0.5, 0.6) is 11.5 Å². The third kappa shape index (κ3) is 5.12. The van der Waals surface area contributed by atoms with E-state index >= 15 is 0 Å². The highest BCUT2D eigenvalue weighted by Crippen LogP contribution is 2.23. The topological polar surface area (TPSA) is 84.9 Å². The van der Waals surface area contributed by atoms with Crippen molar-refractivity contribution in [2.75, 3.05) is 13.7 Å². The number of phenols is 1. The standard InChI is InChI=1S/C18H18ClNO5/c1-11(12-4-3-5-13(19)8-12)20-17(22)10-25-18(23)15-9-14(24-2)6-7-16(15)21/h3-9,11,21H,10H2,1-2H3,(H,20,22)/t11-/m1/s1. The molecule has 0 radical (unpaired) electrons. The van der Waals surface area contributed by atoms with Crippen LogP contribution in [0, 0.1) is 0 Å². The first-order chi connectivity index (χ1) is 11.9. The Morgan fingerprint density at radius 3 is 2.68 bits per heavy atom. The second kappa shape index (κ2) is 8.39. The smallest absolute Gasteiger partial charge is 0.342 e. The summed E-state index contributed by atoms with van der Waals surface area (Å²) in [4.78, 5) is 24.0. The Kier molecular flexibility index (Phi) is 6.25. The molecule has 2 aromatic rings. The van der Waals surface area contributed by atoms with Crippen LogP contribution in [0.25, 0.3) is 0 Å². The molecule has 6 nitrogen and oxygen atoms in total. The van der Waals surface area contributed by atoms with Crippen LogP contribution in [0.2, 0.25) is 5.02 Å². The summed E-state index contributed by atoms with van der Waals surface area (Å²) >= 11 is 5.92. The monoisotopic (exact) mass is 363 g/mol. The van der Waals surface area contributed by atoms with Crippen LogP contribution in [0.1, 0.15) is 28.9 Å². The molecular weight excluding hydrogens is 346 g/mol. The molecule has 132 valence electrons. The number of halogens is 1. The Labute approximate surface area is 150 Å². The van der Waals surface area contributed by atoms with Gasteiger partial charge in [0.15, 0.2) is 6.61 Å². The fourth-order valence-electron chi connectivity index (χ4n) is 2.16. The van der Waals surface area contributed by atoms with E-state index in [-0.39, 0.29) is 17.4 Å². The van der Waals surface area contributed by atoms with Crippen molar-refractivity contribution in [2.24, 2.45) is 0 Å². The second-order valence-electron chi connectivity index (χ2n) is 5.30. The highest BCUT2D eigenvalue weighted by atomic mass is 35.5. The van der Waals surface area contributed by atoms with Crippen molar-refractivity contribution in [3.05, 3.63) is 58.6 Å². The molecule has 0 saturated heterocycles. The first-order valence-corrected chi connectivity index (χ1v) is 7.87. The number of rotatable bonds is 6. The summed E-state index contributed by atoms with van der Waals surface area (Å²) in [6, 6.07) is 11.0. The van der Waals surface area contributed by atoms with Gasteiger partial charge in [-0.05, 0) is 42.8 Å². The van der Waals surface area contributed by atoms with Crippen LogP contribution in [0.3, 0.4) is 0 Å². The van der Waals surface area contributed by atoms with E-state index in [1.165, 1.54) is 25.3 Å². The lowest BCUT2D eigenvalue weighted by atomic mass is 10.1. The minimum Gasteiger partial charge on any atom is -0.507 e. The van der Waals surface area contributed by atoms with Gasteiger partial charge in [-0.1, -0.05) is 23.7 Å². The molecule has 0 aromatic heterocycles. The molecule has 0 saturated carbocycles. The molecule has 0 aliphatic carbocycles. The van der Waals surface area contributed by atoms with Gasteiger partial charge in [-0.2, -0.15) is 0 Å². The number of nitrogens with one attached hydrogen (secondary N) is 1. The maximum absolute atomic E-state index is 12.0. The van der Waals surface area contributed by atoms with Crippen molar-refractivity contribution in [3.63, 3.8) is 0 Å². The number of ether oxygens (including phenoxy) is 2. The van der Waals surface area contributed by atoms with Gasteiger partial charge in [-0.25, -0.2) is 4.79 Å². The van der Waals surface area contributed by atoms with E-state index in [0.717, 1.165) is 5.56 Å². The molecular formula is C18H18ClNO5. The average molecular weight is 364 g/mol. The number of methoxy groups -OCH3 is 1. The molecule has 0 aliphatic rings. The van der Waals surface area contributed by atoms with E-state index in [4.69, 9.17) is 21.1 Å². The number of carbonyl (C=O) groups excluding carboxylic acids is 2. The quantitative estimate of drug-likeness (QED) is 0.770. The van der Waals surface area contributed by atoms with Gasteiger partial charge in [0.25, 0.3) is 5.91 Å². The van der Waals surface area contributed by atoms with Gasteiger partial charge < -0.3 is 19.9 Å². The Morgan fingerprint density at radius 1 is 1.24 bits per heavy atom. The zero-order valence-electron chi connectivity index (χ0n) is 13.8. The molecule has 0 unspecified atom stereocenters. The predicted octanol–water partition coefficient (Wildman–Crippen LogP) is 3.09. The number of hydrogen-bond acceptors (Lipinski definition) is 5.